The Morgan fingerprint density at radius 1 is 0.622 bits per heavy atom. The van der Waals surface area contributed by atoms with Crippen LogP contribution in [0.5, 0.6) is 0 Å². The molecule has 0 N–H and O–H groups in total. The normalized spacial score (nSPS) is 19.6. The topological polar surface area (TPSA) is 3.01 Å². The minimum atomic E-state index is -2.55. The van der Waals surface area contributed by atoms with E-state index in [1.807, 2.05) is 0 Å². The SMILES string of the molecule is CCC[CH2][Sn]([CH2]CCC)([CH2]CCC)[C@@H]1[C@H](CI)N1C(c1ccccc1)(c1ccccc1)c1ccccc1. The molecule has 0 radical (unpaired) electrons. The minimum absolute atomic E-state index is 0.239. The summed E-state index contributed by atoms with van der Waals surface area (Å²) in [5.41, 5.74) is 4.03. The predicted molar refractivity (Wildman–Crippen MR) is 172 cm³/mol. The van der Waals surface area contributed by atoms with E-state index in [4.69, 9.17) is 0 Å². The first-order valence-corrected chi connectivity index (χ1v) is 23.9. The number of halogens is 1. The van der Waals surface area contributed by atoms with Crippen molar-refractivity contribution in [2.75, 3.05) is 4.43 Å². The quantitative estimate of drug-likeness (QED) is 0.0498. The fourth-order valence-electron chi connectivity index (χ4n) is 6.99. The van der Waals surface area contributed by atoms with Gasteiger partial charge in [-0.3, -0.25) is 0 Å². The third kappa shape index (κ3) is 6.01. The molecule has 1 nitrogen and oxygen atoms in total. The van der Waals surface area contributed by atoms with Gasteiger partial charge in [0.1, 0.15) is 0 Å². The summed E-state index contributed by atoms with van der Waals surface area (Å²) in [5, 5.41) is 0. The second-order valence-corrected chi connectivity index (χ2v) is 25.7. The summed E-state index contributed by atoms with van der Waals surface area (Å²) in [5.74, 6) is 0. The van der Waals surface area contributed by atoms with Crippen LogP contribution < -0.4 is 0 Å². The van der Waals surface area contributed by atoms with E-state index in [2.05, 4.69) is 139 Å². The van der Waals surface area contributed by atoms with Crippen LogP contribution in [-0.4, -0.2) is 37.8 Å². The zero-order chi connectivity index (χ0) is 26.1. The molecule has 37 heavy (non-hydrogen) atoms. The Balaban J connectivity index is 1.95. The molecule has 0 amide bonds. The van der Waals surface area contributed by atoms with Crippen molar-refractivity contribution >= 4 is 41.0 Å². The van der Waals surface area contributed by atoms with Gasteiger partial charge in [-0.1, -0.05) is 0 Å². The summed E-state index contributed by atoms with van der Waals surface area (Å²) in [7, 11) is 0. The average Bonchev–Trinajstić information content (AvgIpc) is 3.70. The van der Waals surface area contributed by atoms with Gasteiger partial charge in [0.05, 0.1) is 0 Å². The van der Waals surface area contributed by atoms with Crippen molar-refractivity contribution < 1.29 is 0 Å². The maximum atomic E-state index is 3.05. The van der Waals surface area contributed by atoms with Gasteiger partial charge >= 0.3 is 246 Å². The van der Waals surface area contributed by atoms with Crippen LogP contribution in [0.3, 0.4) is 0 Å². The number of hydrogen-bond acceptors (Lipinski definition) is 1. The molecule has 4 rings (SSSR count). The van der Waals surface area contributed by atoms with Gasteiger partial charge in [-0.05, 0) is 0 Å². The first-order chi connectivity index (χ1) is 18.2. The molecule has 1 aliphatic heterocycles. The summed E-state index contributed by atoms with van der Waals surface area (Å²) < 4.78 is 6.71. The monoisotopic (exact) mass is 715 g/mol. The van der Waals surface area contributed by atoms with Gasteiger partial charge in [0, 0.05) is 0 Å². The number of rotatable bonds is 15. The Labute approximate surface area is 244 Å². The number of benzene rings is 3. The molecule has 1 unspecified atom stereocenters. The van der Waals surface area contributed by atoms with E-state index in [9.17, 15) is 0 Å². The molecular weight excluding hydrogens is 668 g/mol. The van der Waals surface area contributed by atoms with Crippen LogP contribution in [-0.2, 0) is 5.54 Å². The second-order valence-electron chi connectivity index (χ2n) is 11.1. The van der Waals surface area contributed by atoms with Crippen molar-refractivity contribution in [3.05, 3.63) is 108 Å². The molecule has 0 aliphatic carbocycles. The van der Waals surface area contributed by atoms with Gasteiger partial charge in [0.25, 0.3) is 0 Å². The van der Waals surface area contributed by atoms with Crippen LogP contribution in [0.4, 0.5) is 0 Å². The van der Waals surface area contributed by atoms with Crippen LogP contribution in [0.25, 0.3) is 0 Å². The van der Waals surface area contributed by atoms with Crippen LogP contribution >= 0.6 is 22.6 Å². The first kappa shape index (κ1) is 29.1. The molecule has 0 bridgehead atoms. The molecule has 0 aromatic heterocycles. The molecule has 3 heteroatoms. The van der Waals surface area contributed by atoms with E-state index >= 15 is 0 Å². The standard InChI is InChI=1S/C22H19IN.3C4H9.Sn/c23-16-21-17-24(21)22(18-10-4-1-5-11-18,19-12-6-2-7-13-19)20-14-8-3-9-15-20;3*1-3-4-2;/h1-15,17,21H,16H2;3*1,3-4H2,2H3;/t21-,24?;;;;/m0..../s1. The number of hydrogen-bond donors (Lipinski definition) is 0. The van der Waals surface area contributed by atoms with Gasteiger partial charge in [-0.15, -0.1) is 0 Å². The Morgan fingerprint density at radius 3 is 1.27 bits per heavy atom. The van der Waals surface area contributed by atoms with Crippen LogP contribution in [0.15, 0.2) is 91.0 Å². The van der Waals surface area contributed by atoms with Crippen molar-refractivity contribution in [1.82, 2.24) is 4.90 Å². The van der Waals surface area contributed by atoms with E-state index in [1.165, 1.54) is 59.6 Å². The molecule has 3 aromatic rings. The van der Waals surface area contributed by atoms with Gasteiger partial charge in [0.2, 0.25) is 0 Å². The van der Waals surface area contributed by atoms with Crippen LogP contribution in [0.2, 0.25) is 13.3 Å². The zero-order valence-corrected chi connectivity index (χ0v) is 28.2. The molecule has 1 fully saturated rings. The van der Waals surface area contributed by atoms with Gasteiger partial charge in [-0.25, -0.2) is 0 Å². The summed E-state index contributed by atoms with van der Waals surface area (Å²) in [4.78, 5) is 3.05. The van der Waals surface area contributed by atoms with Gasteiger partial charge in [0.15, 0.2) is 0 Å². The van der Waals surface area contributed by atoms with Crippen molar-refractivity contribution in [3.8, 4) is 0 Å². The molecule has 1 saturated heterocycles. The van der Waals surface area contributed by atoms with E-state index in [0.29, 0.717) is 6.04 Å². The third-order valence-corrected chi connectivity index (χ3v) is 26.7. The summed E-state index contributed by atoms with van der Waals surface area (Å²) in [6, 6.07) is 35.0. The van der Waals surface area contributed by atoms with Crippen molar-refractivity contribution in [1.29, 1.82) is 0 Å². The van der Waals surface area contributed by atoms with Crippen LogP contribution in [0, 0.1) is 0 Å². The van der Waals surface area contributed by atoms with E-state index < -0.39 is 18.4 Å². The van der Waals surface area contributed by atoms with Crippen molar-refractivity contribution in [2.24, 2.45) is 0 Å². The predicted octanol–water partition coefficient (Wildman–Crippen LogP) is 9.85. The molecule has 1 aliphatic rings. The van der Waals surface area contributed by atoms with E-state index in [1.54, 1.807) is 13.3 Å². The van der Waals surface area contributed by atoms with E-state index in [-0.39, 0.29) is 5.54 Å². The first-order valence-electron chi connectivity index (χ1n) is 14.7. The Bertz CT molecular complexity index is 937. The molecule has 3 atom stereocenters. The number of unbranched alkanes of at least 4 members (excludes halogenated alkanes) is 3. The Kier molecular flexibility index (Phi) is 11.0. The summed E-state index contributed by atoms with van der Waals surface area (Å²) in [6.45, 7) is 7.21. The molecule has 0 saturated carbocycles. The molecular formula is C34H46INSn. The fourth-order valence-corrected chi connectivity index (χ4v) is 28.7. The third-order valence-electron chi connectivity index (χ3n) is 8.76. The molecule has 1 heterocycles. The number of nitrogens with zero attached hydrogens (tertiary/aromatic N) is 1. The Morgan fingerprint density at radius 2 is 0.973 bits per heavy atom. The van der Waals surface area contributed by atoms with Gasteiger partial charge < -0.3 is 0 Å². The van der Waals surface area contributed by atoms with Crippen molar-refractivity contribution in [2.45, 2.75) is 88.2 Å². The van der Waals surface area contributed by atoms with Gasteiger partial charge in [-0.2, -0.15) is 0 Å². The van der Waals surface area contributed by atoms with E-state index in [0.717, 1.165) is 4.06 Å². The second kappa shape index (κ2) is 14.0. The fraction of sp³-hybridized carbons (Fsp3) is 0.471. The molecule has 3 aromatic carbocycles. The summed E-state index contributed by atoms with van der Waals surface area (Å²) in [6.07, 6.45) is 8.28. The molecule has 0 spiro atoms. The summed E-state index contributed by atoms with van der Waals surface area (Å²) >= 11 is 0.163. The maximum absolute atomic E-state index is 3.05. The average molecular weight is 714 g/mol. The Hall–Kier alpha value is -0.851. The van der Waals surface area contributed by atoms with Crippen LogP contribution in [0.1, 0.15) is 76.0 Å². The zero-order valence-electron chi connectivity index (χ0n) is 23.2. The number of alkyl halides is 1. The van der Waals surface area contributed by atoms with Crippen molar-refractivity contribution in [3.63, 3.8) is 0 Å². The molecule has 198 valence electrons.